The average Bonchev–Trinajstić information content (AvgIpc) is 3.57. The summed E-state index contributed by atoms with van der Waals surface area (Å²) in [6, 6.07) is 18.1. The molecule has 0 amide bonds. The van der Waals surface area contributed by atoms with Gasteiger partial charge in [0.2, 0.25) is 11.8 Å². The first-order chi connectivity index (χ1) is 17.8. The highest BCUT2D eigenvalue weighted by Gasteiger charge is 2.21. The Balaban J connectivity index is 1.10. The maximum absolute atomic E-state index is 5.91. The highest BCUT2D eigenvalue weighted by Crippen LogP contribution is 2.22. The molecule has 5 heterocycles. The van der Waals surface area contributed by atoms with Crippen LogP contribution in [0.1, 0.15) is 17.3 Å². The SMILES string of the molecule is c1cc(OCc2ccncc2)nc(N2CCN(Cc3nc4ccccc4n3Cc3ncco3)CC2)c1. The molecule has 6 rings (SSSR count). The third-order valence-electron chi connectivity index (χ3n) is 6.42. The predicted molar refractivity (Wildman–Crippen MR) is 136 cm³/mol. The van der Waals surface area contributed by atoms with Crippen molar-refractivity contribution in [1.29, 1.82) is 0 Å². The molecule has 0 saturated carbocycles. The molecule has 0 radical (unpaired) electrons. The number of hydrogen-bond acceptors (Lipinski definition) is 8. The number of nitrogens with zero attached hydrogens (tertiary/aromatic N) is 7. The minimum absolute atomic E-state index is 0.473. The van der Waals surface area contributed by atoms with E-state index in [0.717, 1.165) is 61.0 Å². The summed E-state index contributed by atoms with van der Waals surface area (Å²) in [7, 11) is 0. The smallest absolute Gasteiger partial charge is 0.215 e. The molecule has 9 nitrogen and oxygen atoms in total. The number of hydrogen-bond donors (Lipinski definition) is 0. The summed E-state index contributed by atoms with van der Waals surface area (Å²) in [5.41, 5.74) is 3.15. The topological polar surface area (TPSA) is 85.3 Å². The van der Waals surface area contributed by atoms with Gasteiger partial charge in [-0.3, -0.25) is 9.88 Å². The van der Waals surface area contributed by atoms with Gasteiger partial charge < -0.3 is 18.6 Å². The van der Waals surface area contributed by atoms with Crippen molar-refractivity contribution in [3.05, 3.63) is 96.7 Å². The molecule has 4 aromatic heterocycles. The fraction of sp³-hybridized carbons (Fsp3) is 0.259. The molecule has 5 aromatic rings. The normalized spacial score (nSPS) is 14.4. The van der Waals surface area contributed by atoms with Crippen LogP contribution >= 0.6 is 0 Å². The van der Waals surface area contributed by atoms with E-state index in [4.69, 9.17) is 19.1 Å². The van der Waals surface area contributed by atoms with Gasteiger partial charge in [0.15, 0.2) is 0 Å². The minimum Gasteiger partial charge on any atom is -0.473 e. The molecule has 0 N–H and O–H groups in total. The van der Waals surface area contributed by atoms with Gasteiger partial charge in [-0.25, -0.2) is 9.97 Å². The highest BCUT2D eigenvalue weighted by atomic mass is 16.5. The highest BCUT2D eigenvalue weighted by molar-refractivity contribution is 5.76. The van der Waals surface area contributed by atoms with E-state index in [1.807, 2.05) is 42.5 Å². The van der Waals surface area contributed by atoms with E-state index < -0.39 is 0 Å². The molecule has 0 bridgehead atoms. The summed E-state index contributed by atoms with van der Waals surface area (Å²) in [6.07, 6.45) is 6.83. The van der Waals surface area contributed by atoms with Crippen molar-refractivity contribution in [2.75, 3.05) is 31.1 Å². The van der Waals surface area contributed by atoms with E-state index in [2.05, 4.69) is 36.5 Å². The zero-order valence-electron chi connectivity index (χ0n) is 19.9. The Labute approximate surface area is 209 Å². The number of benzene rings is 1. The molecule has 1 aromatic carbocycles. The Hall–Kier alpha value is -4.24. The largest absolute Gasteiger partial charge is 0.473 e. The molecule has 1 aliphatic rings. The van der Waals surface area contributed by atoms with Gasteiger partial charge >= 0.3 is 0 Å². The van der Waals surface area contributed by atoms with Crippen LogP contribution < -0.4 is 9.64 Å². The molecular formula is C27H27N7O2. The second-order valence-electron chi connectivity index (χ2n) is 8.77. The lowest BCUT2D eigenvalue weighted by atomic mass is 10.3. The van der Waals surface area contributed by atoms with Crippen molar-refractivity contribution in [1.82, 2.24) is 29.4 Å². The van der Waals surface area contributed by atoms with E-state index in [-0.39, 0.29) is 0 Å². The molecule has 182 valence electrons. The van der Waals surface area contributed by atoms with Crippen molar-refractivity contribution < 1.29 is 9.15 Å². The van der Waals surface area contributed by atoms with E-state index >= 15 is 0 Å². The van der Waals surface area contributed by atoms with Crippen LogP contribution in [0.2, 0.25) is 0 Å². The summed E-state index contributed by atoms with van der Waals surface area (Å²) in [4.78, 5) is 22.8. The molecule has 36 heavy (non-hydrogen) atoms. The zero-order chi connectivity index (χ0) is 24.2. The van der Waals surface area contributed by atoms with Gasteiger partial charge in [-0.05, 0) is 35.9 Å². The van der Waals surface area contributed by atoms with Gasteiger partial charge in [0.1, 0.15) is 31.1 Å². The van der Waals surface area contributed by atoms with Crippen molar-refractivity contribution >= 4 is 16.9 Å². The Morgan fingerprint density at radius 3 is 2.53 bits per heavy atom. The third-order valence-corrected chi connectivity index (χ3v) is 6.42. The van der Waals surface area contributed by atoms with Crippen LogP contribution in [0.25, 0.3) is 11.0 Å². The van der Waals surface area contributed by atoms with E-state index in [9.17, 15) is 0 Å². The number of anilines is 1. The number of imidazole rings is 1. The summed E-state index contributed by atoms with van der Waals surface area (Å²) < 4.78 is 13.6. The second-order valence-corrected chi connectivity index (χ2v) is 8.77. The van der Waals surface area contributed by atoms with Crippen molar-refractivity contribution in [3.8, 4) is 5.88 Å². The number of para-hydroxylation sites is 2. The fourth-order valence-corrected chi connectivity index (χ4v) is 4.52. The molecule has 0 aliphatic carbocycles. The molecule has 9 heteroatoms. The van der Waals surface area contributed by atoms with Crippen LogP contribution in [0.4, 0.5) is 5.82 Å². The van der Waals surface area contributed by atoms with Crippen molar-refractivity contribution in [2.24, 2.45) is 0 Å². The number of piperazine rings is 1. The number of oxazole rings is 1. The van der Waals surface area contributed by atoms with E-state index in [0.29, 0.717) is 24.9 Å². The maximum atomic E-state index is 5.91. The number of pyridine rings is 2. The van der Waals surface area contributed by atoms with Crippen LogP contribution in [0, 0.1) is 0 Å². The summed E-state index contributed by atoms with van der Waals surface area (Å²) >= 11 is 0. The van der Waals surface area contributed by atoms with E-state index in [1.165, 1.54) is 0 Å². The van der Waals surface area contributed by atoms with Gasteiger partial charge in [0.05, 0.1) is 23.8 Å². The Kier molecular flexibility index (Phi) is 6.28. The van der Waals surface area contributed by atoms with Gasteiger partial charge in [0.25, 0.3) is 0 Å². The first kappa shape index (κ1) is 22.2. The Bertz CT molecular complexity index is 1410. The van der Waals surface area contributed by atoms with Crippen molar-refractivity contribution in [2.45, 2.75) is 19.7 Å². The van der Waals surface area contributed by atoms with Gasteiger partial charge in [-0.1, -0.05) is 18.2 Å². The minimum atomic E-state index is 0.473. The molecule has 0 unspecified atom stereocenters. The fourth-order valence-electron chi connectivity index (χ4n) is 4.52. The quantitative estimate of drug-likeness (QED) is 0.331. The summed E-state index contributed by atoms with van der Waals surface area (Å²) in [6.45, 7) is 5.44. The van der Waals surface area contributed by atoms with E-state index in [1.54, 1.807) is 24.9 Å². The molecule has 1 saturated heterocycles. The number of ether oxygens (including phenoxy) is 1. The number of fused-ring (bicyclic) bond motifs is 1. The standard InChI is InChI=1S/C27H27N7O2/c1-2-5-23-22(4-1)30-25(34(23)19-27-29-12-17-35-27)18-32-13-15-33(16-14-32)24-6-3-7-26(31-24)36-20-21-8-10-28-11-9-21/h1-12,17H,13-16,18-20H2. The third kappa shape index (κ3) is 4.92. The van der Waals surface area contributed by atoms with Crippen LogP contribution in [0.5, 0.6) is 5.88 Å². The van der Waals surface area contributed by atoms with Crippen LogP contribution in [-0.2, 0) is 19.7 Å². The number of aromatic nitrogens is 5. The monoisotopic (exact) mass is 481 g/mol. The van der Waals surface area contributed by atoms with Gasteiger partial charge in [-0.15, -0.1) is 0 Å². The predicted octanol–water partition coefficient (Wildman–Crippen LogP) is 3.76. The summed E-state index contributed by atoms with van der Waals surface area (Å²) in [5, 5.41) is 0. The second kappa shape index (κ2) is 10.2. The molecular weight excluding hydrogens is 454 g/mol. The lowest BCUT2D eigenvalue weighted by Gasteiger charge is -2.35. The van der Waals surface area contributed by atoms with Crippen LogP contribution in [-0.4, -0.2) is 55.6 Å². The molecule has 1 fully saturated rings. The van der Waals surface area contributed by atoms with Crippen molar-refractivity contribution in [3.63, 3.8) is 0 Å². The number of rotatable bonds is 8. The molecule has 0 spiro atoms. The lowest BCUT2D eigenvalue weighted by Crippen LogP contribution is -2.46. The molecule has 0 atom stereocenters. The first-order valence-corrected chi connectivity index (χ1v) is 12.1. The van der Waals surface area contributed by atoms with Gasteiger partial charge in [0, 0.05) is 44.6 Å². The Morgan fingerprint density at radius 1 is 0.833 bits per heavy atom. The van der Waals surface area contributed by atoms with Crippen LogP contribution in [0.15, 0.2) is 83.9 Å². The van der Waals surface area contributed by atoms with Gasteiger partial charge in [-0.2, -0.15) is 4.98 Å². The molecule has 1 aliphatic heterocycles. The van der Waals surface area contributed by atoms with Crippen LogP contribution in [0.3, 0.4) is 0 Å². The lowest BCUT2D eigenvalue weighted by molar-refractivity contribution is 0.240. The maximum Gasteiger partial charge on any atom is 0.215 e. The summed E-state index contributed by atoms with van der Waals surface area (Å²) in [5.74, 6) is 3.28. The Morgan fingerprint density at radius 2 is 1.69 bits per heavy atom. The average molecular weight is 482 g/mol. The first-order valence-electron chi connectivity index (χ1n) is 12.1. The zero-order valence-corrected chi connectivity index (χ0v) is 19.9.